The van der Waals surface area contributed by atoms with Crippen LogP contribution in [0.5, 0.6) is 0 Å². The average Bonchev–Trinajstić information content (AvgIpc) is 2.48. The Bertz CT molecular complexity index is 183. The van der Waals surface area contributed by atoms with Crippen LogP contribution in [0.4, 0.5) is 0 Å². The molecule has 1 aliphatic rings. The van der Waals surface area contributed by atoms with Crippen LogP contribution in [0.25, 0.3) is 0 Å². The summed E-state index contributed by atoms with van der Waals surface area (Å²) < 4.78 is 0. The van der Waals surface area contributed by atoms with Gasteiger partial charge >= 0.3 is 0 Å². The van der Waals surface area contributed by atoms with Gasteiger partial charge in [-0.05, 0) is 38.1 Å². The molecule has 0 amide bonds. The van der Waals surface area contributed by atoms with Crippen molar-refractivity contribution in [1.29, 1.82) is 0 Å². The molecule has 1 fully saturated rings. The van der Waals surface area contributed by atoms with Gasteiger partial charge < -0.3 is 10.2 Å². The third-order valence-electron chi connectivity index (χ3n) is 3.28. The minimum atomic E-state index is 0.365. The molecule has 0 aromatic heterocycles. The Morgan fingerprint density at radius 3 is 2.06 bits per heavy atom. The van der Waals surface area contributed by atoms with Gasteiger partial charge in [-0.3, -0.25) is 0 Å². The molecular formula is C14H30N2. The standard InChI is InChI=1S/C14H30N2/c1-12(2)9-16(10-13(3)4)11-14(5)7-6-8-15-14/h12-13,15H,6-11H2,1-5H3. The molecule has 0 radical (unpaired) electrons. The SMILES string of the molecule is CC(C)CN(CC(C)C)CC1(C)CCCN1. The van der Waals surface area contributed by atoms with Crippen molar-refractivity contribution in [1.82, 2.24) is 10.2 Å². The van der Waals surface area contributed by atoms with E-state index in [4.69, 9.17) is 0 Å². The fourth-order valence-electron chi connectivity index (χ4n) is 2.82. The molecule has 0 aliphatic carbocycles. The van der Waals surface area contributed by atoms with Gasteiger partial charge in [-0.25, -0.2) is 0 Å². The minimum absolute atomic E-state index is 0.365. The summed E-state index contributed by atoms with van der Waals surface area (Å²) in [5.41, 5.74) is 0.365. The van der Waals surface area contributed by atoms with Crippen LogP contribution in [0.3, 0.4) is 0 Å². The lowest BCUT2D eigenvalue weighted by Gasteiger charge is -2.34. The Morgan fingerprint density at radius 2 is 1.69 bits per heavy atom. The number of rotatable bonds is 6. The van der Waals surface area contributed by atoms with Gasteiger partial charge in [-0.1, -0.05) is 27.7 Å². The first kappa shape index (κ1) is 14.0. The zero-order valence-electron chi connectivity index (χ0n) is 11.8. The molecule has 0 aromatic rings. The van der Waals surface area contributed by atoms with Crippen LogP contribution in [0.15, 0.2) is 0 Å². The van der Waals surface area contributed by atoms with Crippen molar-refractivity contribution in [2.45, 2.75) is 53.0 Å². The maximum atomic E-state index is 3.67. The highest BCUT2D eigenvalue weighted by Gasteiger charge is 2.30. The molecule has 1 atom stereocenters. The quantitative estimate of drug-likeness (QED) is 0.749. The second kappa shape index (κ2) is 6.02. The van der Waals surface area contributed by atoms with E-state index in [0.29, 0.717) is 5.54 Å². The lowest BCUT2D eigenvalue weighted by molar-refractivity contribution is 0.168. The number of nitrogens with one attached hydrogen (secondary N) is 1. The van der Waals surface area contributed by atoms with Crippen LogP contribution in [0.2, 0.25) is 0 Å². The molecule has 2 nitrogen and oxygen atoms in total. The topological polar surface area (TPSA) is 15.3 Å². The second-order valence-corrected chi connectivity index (χ2v) is 6.57. The monoisotopic (exact) mass is 226 g/mol. The summed E-state index contributed by atoms with van der Waals surface area (Å²) >= 11 is 0. The summed E-state index contributed by atoms with van der Waals surface area (Å²) in [6.45, 7) is 16.5. The summed E-state index contributed by atoms with van der Waals surface area (Å²) in [6, 6.07) is 0. The molecule has 1 unspecified atom stereocenters. The molecular weight excluding hydrogens is 196 g/mol. The van der Waals surface area contributed by atoms with Crippen LogP contribution >= 0.6 is 0 Å². The largest absolute Gasteiger partial charge is 0.310 e. The molecule has 1 N–H and O–H groups in total. The Morgan fingerprint density at radius 1 is 1.12 bits per heavy atom. The highest BCUT2D eigenvalue weighted by Crippen LogP contribution is 2.20. The van der Waals surface area contributed by atoms with Crippen LogP contribution in [0, 0.1) is 11.8 Å². The lowest BCUT2D eigenvalue weighted by atomic mass is 9.98. The van der Waals surface area contributed by atoms with E-state index in [1.165, 1.54) is 39.0 Å². The normalized spacial score (nSPS) is 26.2. The molecule has 0 bridgehead atoms. The molecule has 1 rings (SSSR count). The average molecular weight is 226 g/mol. The van der Waals surface area contributed by atoms with Crippen molar-refractivity contribution in [2.75, 3.05) is 26.2 Å². The number of nitrogens with zero attached hydrogens (tertiary/aromatic N) is 1. The van der Waals surface area contributed by atoms with E-state index in [1.807, 2.05) is 0 Å². The van der Waals surface area contributed by atoms with Gasteiger partial charge in [0.25, 0.3) is 0 Å². The fourth-order valence-corrected chi connectivity index (χ4v) is 2.82. The first-order valence-corrected chi connectivity index (χ1v) is 6.89. The Hall–Kier alpha value is -0.0800. The van der Waals surface area contributed by atoms with Crippen LogP contribution < -0.4 is 5.32 Å². The molecule has 16 heavy (non-hydrogen) atoms. The Kier molecular flexibility index (Phi) is 5.26. The maximum absolute atomic E-state index is 3.67. The van der Waals surface area contributed by atoms with Crippen LogP contribution in [-0.4, -0.2) is 36.6 Å². The Labute approximate surface area is 102 Å². The van der Waals surface area contributed by atoms with Crippen molar-refractivity contribution in [3.8, 4) is 0 Å². The molecule has 0 aromatic carbocycles. The number of hydrogen-bond donors (Lipinski definition) is 1. The van der Waals surface area contributed by atoms with Crippen LogP contribution in [-0.2, 0) is 0 Å². The van der Waals surface area contributed by atoms with Crippen molar-refractivity contribution in [3.63, 3.8) is 0 Å². The van der Waals surface area contributed by atoms with Crippen molar-refractivity contribution >= 4 is 0 Å². The first-order valence-electron chi connectivity index (χ1n) is 6.89. The van der Waals surface area contributed by atoms with Gasteiger partial charge in [0.1, 0.15) is 0 Å². The molecule has 1 heterocycles. The van der Waals surface area contributed by atoms with Crippen LogP contribution in [0.1, 0.15) is 47.5 Å². The van der Waals surface area contributed by atoms with Crippen molar-refractivity contribution < 1.29 is 0 Å². The van der Waals surface area contributed by atoms with Gasteiger partial charge in [-0.15, -0.1) is 0 Å². The van der Waals surface area contributed by atoms with E-state index in [9.17, 15) is 0 Å². The third-order valence-corrected chi connectivity index (χ3v) is 3.28. The zero-order valence-corrected chi connectivity index (χ0v) is 11.8. The summed E-state index contributed by atoms with van der Waals surface area (Å²) in [5, 5.41) is 3.67. The lowest BCUT2D eigenvalue weighted by Crippen LogP contribution is -2.49. The summed E-state index contributed by atoms with van der Waals surface area (Å²) in [7, 11) is 0. The van der Waals surface area contributed by atoms with E-state index in [0.717, 1.165) is 11.8 Å². The van der Waals surface area contributed by atoms with Gasteiger partial charge in [0.05, 0.1) is 0 Å². The third kappa shape index (κ3) is 4.84. The fraction of sp³-hybridized carbons (Fsp3) is 1.00. The van der Waals surface area contributed by atoms with Gasteiger partial charge in [0.2, 0.25) is 0 Å². The van der Waals surface area contributed by atoms with Crippen molar-refractivity contribution in [2.24, 2.45) is 11.8 Å². The van der Waals surface area contributed by atoms with E-state index < -0.39 is 0 Å². The molecule has 2 heteroatoms. The van der Waals surface area contributed by atoms with Gasteiger partial charge in [0.15, 0.2) is 0 Å². The molecule has 1 aliphatic heterocycles. The highest BCUT2D eigenvalue weighted by atomic mass is 15.2. The van der Waals surface area contributed by atoms with E-state index in [1.54, 1.807) is 0 Å². The predicted molar refractivity (Wildman–Crippen MR) is 71.8 cm³/mol. The smallest absolute Gasteiger partial charge is 0.0280 e. The van der Waals surface area contributed by atoms with E-state index in [2.05, 4.69) is 44.8 Å². The summed E-state index contributed by atoms with van der Waals surface area (Å²) in [6.07, 6.45) is 2.67. The highest BCUT2D eigenvalue weighted by molar-refractivity contribution is 4.91. The second-order valence-electron chi connectivity index (χ2n) is 6.57. The Balaban J connectivity index is 2.48. The minimum Gasteiger partial charge on any atom is -0.310 e. The van der Waals surface area contributed by atoms with E-state index in [-0.39, 0.29) is 0 Å². The number of hydrogen-bond acceptors (Lipinski definition) is 2. The predicted octanol–water partition coefficient (Wildman–Crippen LogP) is 2.74. The summed E-state index contributed by atoms with van der Waals surface area (Å²) in [4.78, 5) is 2.65. The molecule has 96 valence electrons. The van der Waals surface area contributed by atoms with Gasteiger partial charge in [0, 0.05) is 25.2 Å². The zero-order chi connectivity index (χ0) is 12.2. The van der Waals surface area contributed by atoms with Crippen molar-refractivity contribution in [3.05, 3.63) is 0 Å². The maximum Gasteiger partial charge on any atom is 0.0280 e. The first-order chi connectivity index (χ1) is 7.41. The van der Waals surface area contributed by atoms with Gasteiger partial charge in [-0.2, -0.15) is 0 Å². The molecule has 1 saturated heterocycles. The molecule has 0 spiro atoms. The van der Waals surface area contributed by atoms with E-state index >= 15 is 0 Å². The summed E-state index contributed by atoms with van der Waals surface area (Å²) in [5.74, 6) is 1.53. The molecule has 0 saturated carbocycles.